The van der Waals surface area contributed by atoms with Gasteiger partial charge in [-0.05, 0) is 25.2 Å². The molecule has 0 bridgehead atoms. The monoisotopic (exact) mass is 331 g/mol. The van der Waals surface area contributed by atoms with Crippen LogP contribution in [0.1, 0.15) is 0 Å². The molecule has 0 radical (unpaired) electrons. The van der Waals surface area contributed by atoms with Crippen LogP contribution in [0.4, 0.5) is 20.6 Å². The summed E-state index contributed by atoms with van der Waals surface area (Å²) in [5.74, 6) is 0. The largest absolute Gasteiger partial charge is 0.428 e. The summed E-state index contributed by atoms with van der Waals surface area (Å²) in [6.07, 6.45) is -1.95. The van der Waals surface area contributed by atoms with E-state index in [-0.39, 0.29) is 31.3 Å². The van der Waals surface area contributed by atoms with E-state index in [1.54, 1.807) is 11.9 Å². The van der Waals surface area contributed by atoms with Gasteiger partial charge in [0.15, 0.2) is 6.23 Å². The van der Waals surface area contributed by atoms with Gasteiger partial charge < -0.3 is 14.4 Å². The minimum absolute atomic E-state index is 0. The van der Waals surface area contributed by atoms with Crippen LogP contribution in [-0.4, -0.2) is 52.0 Å². The summed E-state index contributed by atoms with van der Waals surface area (Å²) in [7, 11) is 1.74. The smallest absolute Gasteiger partial charge is 0.416 e. The van der Waals surface area contributed by atoms with Crippen molar-refractivity contribution in [3.05, 3.63) is 24.3 Å². The first-order chi connectivity index (χ1) is 10.2. The van der Waals surface area contributed by atoms with Crippen LogP contribution in [0.5, 0.6) is 0 Å². The van der Waals surface area contributed by atoms with Gasteiger partial charge in [0.05, 0.1) is 19.7 Å². The molecule has 0 aromatic heterocycles. The molecule has 2 fully saturated rings. The van der Waals surface area contributed by atoms with E-state index in [4.69, 9.17) is 9.47 Å². The molecule has 8 heteroatoms. The molecule has 1 N–H and O–H groups in total. The second-order valence-electron chi connectivity index (χ2n) is 5.02. The average Bonchev–Trinajstić information content (AvgIpc) is 2.89. The molecular formula is C14H19ClFN3O3. The number of hydrogen-bond acceptors (Lipinski definition) is 5. The summed E-state index contributed by atoms with van der Waals surface area (Å²) in [4.78, 5) is 15.3. The van der Waals surface area contributed by atoms with E-state index in [9.17, 15) is 9.18 Å². The number of morpholine rings is 1. The van der Waals surface area contributed by atoms with Gasteiger partial charge in [-0.25, -0.2) is 9.18 Å². The van der Waals surface area contributed by atoms with Gasteiger partial charge in [0.1, 0.15) is 0 Å². The highest BCUT2D eigenvalue weighted by Gasteiger charge is 2.31. The van der Waals surface area contributed by atoms with Crippen molar-refractivity contribution in [1.82, 2.24) is 5.32 Å². The summed E-state index contributed by atoms with van der Waals surface area (Å²) in [5.41, 5.74) is 1.62. The number of nitrogens with zero attached hydrogens (tertiary/aromatic N) is 2. The zero-order valence-electron chi connectivity index (χ0n) is 12.2. The van der Waals surface area contributed by atoms with E-state index in [0.717, 1.165) is 11.4 Å². The number of cyclic esters (lactones) is 1. The Morgan fingerprint density at radius 3 is 2.77 bits per heavy atom. The van der Waals surface area contributed by atoms with Crippen LogP contribution in [0, 0.1) is 0 Å². The molecule has 122 valence electrons. The van der Waals surface area contributed by atoms with Gasteiger partial charge in [0, 0.05) is 17.9 Å². The first-order valence-corrected chi connectivity index (χ1v) is 6.93. The van der Waals surface area contributed by atoms with Crippen LogP contribution in [0.15, 0.2) is 24.3 Å². The normalized spacial score (nSPS) is 24.9. The molecule has 1 amide bonds. The quantitative estimate of drug-likeness (QED) is 0.914. The minimum atomic E-state index is -1.27. The summed E-state index contributed by atoms with van der Waals surface area (Å²) >= 11 is 0. The lowest BCUT2D eigenvalue weighted by atomic mass is 10.2. The Morgan fingerprint density at radius 2 is 2.09 bits per heavy atom. The first-order valence-electron chi connectivity index (χ1n) is 6.93. The molecule has 1 aromatic carbocycles. The molecule has 2 atom stereocenters. The van der Waals surface area contributed by atoms with E-state index in [1.165, 1.54) is 0 Å². The predicted octanol–water partition coefficient (Wildman–Crippen LogP) is 1.74. The van der Waals surface area contributed by atoms with Crippen LogP contribution < -0.4 is 15.1 Å². The van der Waals surface area contributed by atoms with Crippen molar-refractivity contribution < 1.29 is 18.7 Å². The number of alkyl halides is 1. The highest BCUT2D eigenvalue weighted by Crippen LogP contribution is 2.27. The Kier molecular flexibility index (Phi) is 5.44. The molecule has 3 rings (SSSR count). The highest BCUT2D eigenvalue weighted by atomic mass is 35.5. The molecule has 0 saturated carbocycles. The Bertz CT molecular complexity index is 534. The summed E-state index contributed by atoms with van der Waals surface area (Å²) < 4.78 is 23.4. The molecule has 2 aliphatic rings. The van der Waals surface area contributed by atoms with Gasteiger partial charge in [0.2, 0.25) is 6.36 Å². The van der Waals surface area contributed by atoms with Gasteiger partial charge >= 0.3 is 6.09 Å². The minimum Gasteiger partial charge on any atom is -0.428 e. The molecule has 2 unspecified atom stereocenters. The third kappa shape index (κ3) is 3.43. The van der Waals surface area contributed by atoms with E-state index < -0.39 is 6.36 Å². The van der Waals surface area contributed by atoms with Crippen molar-refractivity contribution in [1.29, 1.82) is 0 Å². The summed E-state index contributed by atoms with van der Waals surface area (Å²) in [5, 5.41) is 2.92. The number of carbonyl (C=O) groups is 1. The Balaban J connectivity index is 0.00000176. The average molecular weight is 332 g/mol. The number of nitrogens with one attached hydrogen (secondary N) is 1. The molecular weight excluding hydrogens is 313 g/mol. The van der Waals surface area contributed by atoms with Crippen molar-refractivity contribution in [2.24, 2.45) is 0 Å². The predicted molar refractivity (Wildman–Crippen MR) is 83.4 cm³/mol. The van der Waals surface area contributed by atoms with E-state index in [1.807, 2.05) is 29.2 Å². The van der Waals surface area contributed by atoms with Crippen LogP contribution in [0.2, 0.25) is 0 Å². The zero-order chi connectivity index (χ0) is 14.8. The molecule has 6 nitrogen and oxygen atoms in total. The van der Waals surface area contributed by atoms with Crippen LogP contribution in [0.3, 0.4) is 0 Å². The van der Waals surface area contributed by atoms with Crippen molar-refractivity contribution in [3.8, 4) is 0 Å². The van der Waals surface area contributed by atoms with Crippen LogP contribution in [0.25, 0.3) is 0 Å². The van der Waals surface area contributed by atoms with E-state index in [0.29, 0.717) is 19.7 Å². The third-order valence-electron chi connectivity index (χ3n) is 3.66. The Morgan fingerprint density at radius 1 is 1.32 bits per heavy atom. The fourth-order valence-corrected chi connectivity index (χ4v) is 2.52. The van der Waals surface area contributed by atoms with Crippen molar-refractivity contribution >= 4 is 29.9 Å². The fourth-order valence-electron chi connectivity index (χ4n) is 2.52. The number of amides is 1. The molecule has 2 aliphatic heterocycles. The van der Waals surface area contributed by atoms with Crippen LogP contribution in [-0.2, 0) is 9.47 Å². The number of rotatable bonds is 3. The molecule has 2 heterocycles. The second kappa shape index (κ2) is 7.13. The molecule has 2 saturated heterocycles. The van der Waals surface area contributed by atoms with Gasteiger partial charge in [-0.2, -0.15) is 0 Å². The Hall–Kier alpha value is -1.57. The maximum Gasteiger partial charge on any atom is 0.416 e. The summed E-state index contributed by atoms with van der Waals surface area (Å²) in [6, 6.07) is 7.47. The fraction of sp³-hybridized carbons (Fsp3) is 0.500. The molecule has 0 spiro atoms. The number of likely N-dealkylation sites (N-methyl/N-ethyl adjacent to an activating group) is 1. The third-order valence-corrected chi connectivity index (χ3v) is 3.66. The second-order valence-corrected chi connectivity index (χ2v) is 5.02. The van der Waals surface area contributed by atoms with Gasteiger partial charge in [-0.3, -0.25) is 10.2 Å². The van der Waals surface area contributed by atoms with Gasteiger partial charge in [-0.15, -0.1) is 12.4 Å². The number of hydrogen-bond donors (Lipinski definition) is 1. The van der Waals surface area contributed by atoms with Gasteiger partial charge in [-0.1, -0.05) is 6.07 Å². The SMILES string of the molecule is CNC1CN(c2cccc(N3CCOC(F)C3)c2)C(=O)O1.Cl. The molecule has 22 heavy (non-hydrogen) atoms. The summed E-state index contributed by atoms with van der Waals surface area (Å²) in [6.45, 7) is 1.65. The van der Waals surface area contributed by atoms with Crippen molar-refractivity contribution in [3.63, 3.8) is 0 Å². The molecule has 0 aliphatic carbocycles. The lowest BCUT2D eigenvalue weighted by Gasteiger charge is -2.31. The maximum absolute atomic E-state index is 13.3. The highest BCUT2D eigenvalue weighted by molar-refractivity contribution is 5.90. The van der Waals surface area contributed by atoms with E-state index >= 15 is 0 Å². The van der Waals surface area contributed by atoms with E-state index in [2.05, 4.69) is 5.32 Å². The zero-order valence-corrected chi connectivity index (χ0v) is 13.0. The van der Waals surface area contributed by atoms with Crippen molar-refractivity contribution in [2.45, 2.75) is 12.6 Å². The lowest BCUT2D eigenvalue weighted by molar-refractivity contribution is -0.0465. The lowest BCUT2D eigenvalue weighted by Crippen LogP contribution is -2.40. The van der Waals surface area contributed by atoms with Crippen LogP contribution >= 0.6 is 12.4 Å². The topological polar surface area (TPSA) is 54.0 Å². The maximum atomic E-state index is 13.3. The van der Waals surface area contributed by atoms with Gasteiger partial charge in [0.25, 0.3) is 0 Å². The standard InChI is InChI=1S/C14H18FN3O3.ClH/c1-16-13-9-18(14(19)21-13)11-4-2-3-10(7-11)17-5-6-20-12(15)8-17;/h2-4,7,12-13,16H,5-6,8-9H2,1H3;1H. The Labute approximate surface area is 134 Å². The molecule has 1 aromatic rings. The number of ether oxygens (including phenoxy) is 2. The number of halogens is 2. The first kappa shape index (κ1) is 16.8. The van der Waals surface area contributed by atoms with Crippen molar-refractivity contribution in [2.75, 3.05) is 43.1 Å². The number of carbonyl (C=O) groups excluding carboxylic acids is 1. The number of anilines is 2. The number of benzene rings is 1.